The van der Waals surface area contributed by atoms with Crippen LogP contribution in [0.5, 0.6) is 5.75 Å². The minimum atomic E-state index is -1.11. The Labute approximate surface area is 243 Å². The highest BCUT2D eigenvalue weighted by Crippen LogP contribution is 2.31. The van der Waals surface area contributed by atoms with Crippen LogP contribution in [0.15, 0.2) is 95.9 Å². The van der Waals surface area contributed by atoms with E-state index in [-0.39, 0.29) is 12.1 Å². The molecule has 0 radical (unpaired) electrons. The summed E-state index contributed by atoms with van der Waals surface area (Å²) in [6.07, 6.45) is 1.73. The Balaban J connectivity index is 1.43. The smallest absolute Gasteiger partial charge is 0.284 e. The van der Waals surface area contributed by atoms with Crippen LogP contribution in [-0.4, -0.2) is 38.1 Å². The highest BCUT2D eigenvalue weighted by molar-refractivity contribution is 6.05. The fourth-order valence-electron chi connectivity index (χ4n) is 4.87. The van der Waals surface area contributed by atoms with Crippen LogP contribution in [0.2, 0.25) is 0 Å². The van der Waals surface area contributed by atoms with Crippen molar-refractivity contribution in [1.29, 1.82) is 0 Å². The minimum Gasteiger partial charge on any atom is -0.497 e. The predicted octanol–water partition coefficient (Wildman–Crippen LogP) is 5.29. The molecule has 3 aromatic carbocycles. The van der Waals surface area contributed by atoms with E-state index >= 15 is 0 Å². The first-order chi connectivity index (χ1) is 20.1. The lowest BCUT2D eigenvalue weighted by atomic mass is 10.0. The molecule has 0 saturated heterocycles. The third-order valence-electron chi connectivity index (χ3n) is 6.96. The molecule has 5 rings (SSSR count). The number of aliphatic hydroxyl groups is 1. The molecule has 0 spiro atoms. The zero-order valence-corrected chi connectivity index (χ0v) is 24.0. The fourth-order valence-corrected chi connectivity index (χ4v) is 4.87. The molecule has 42 heavy (non-hydrogen) atoms. The molecule has 0 saturated carbocycles. The van der Waals surface area contributed by atoms with Gasteiger partial charge in [0, 0.05) is 23.0 Å². The van der Waals surface area contributed by atoms with Crippen LogP contribution < -0.4 is 21.3 Å². The van der Waals surface area contributed by atoms with Gasteiger partial charge in [-0.1, -0.05) is 42.5 Å². The lowest BCUT2D eigenvalue weighted by Gasteiger charge is -2.22. The highest BCUT2D eigenvalue weighted by Gasteiger charge is 2.27. The molecule has 9 heteroatoms. The van der Waals surface area contributed by atoms with Crippen LogP contribution in [0.1, 0.15) is 29.9 Å². The zero-order valence-electron chi connectivity index (χ0n) is 24.0. The van der Waals surface area contributed by atoms with Crippen molar-refractivity contribution in [2.45, 2.75) is 32.9 Å². The molecule has 1 amide bonds. The van der Waals surface area contributed by atoms with Gasteiger partial charge in [0.05, 0.1) is 30.6 Å². The Hall–Kier alpha value is -5.15. The molecule has 2 heterocycles. The number of carbonyl (C=O) groups is 1. The molecule has 0 aliphatic carbocycles. The average molecular weight is 564 g/mol. The largest absolute Gasteiger partial charge is 0.497 e. The molecule has 0 atom stereocenters. The van der Waals surface area contributed by atoms with Crippen molar-refractivity contribution in [1.82, 2.24) is 14.3 Å². The van der Waals surface area contributed by atoms with Crippen molar-refractivity contribution in [2.24, 2.45) is 0 Å². The molecule has 5 aromatic rings. The molecule has 0 aliphatic heterocycles. The summed E-state index contributed by atoms with van der Waals surface area (Å²) in [7, 11) is 1.62. The number of benzene rings is 3. The summed E-state index contributed by atoms with van der Waals surface area (Å²) in [6.45, 7) is 5.14. The van der Waals surface area contributed by atoms with E-state index in [1.807, 2.05) is 60.7 Å². The summed E-state index contributed by atoms with van der Waals surface area (Å²) in [6, 6.07) is 25.9. The summed E-state index contributed by atoms with van der Waals surface area (Å²) in [5, 5.41) is 13.4. The highest BCUT2D eigenvalue weighted by atomic mass is 16.5. The molecular weight excluding hydrogens is 530 g/mol. The van der Waals surface area contributed by atoms with Crippen LogP contribution in [0, 0.1) is 6.92 Å². The van der Waals surface area contributed by atoms with Gasteiger partial charge in [0.25, 0.3) is 11.5 Å². The lowest BCUT2D eigenvalue weighted by molar-refractivity contribution is 0.0546. The molecule has 0 bridgehead atoms. The molecule has 9 nitrogen and oxygen atoms in total. The summed E-state index contributed by atoms with van der Waals surface area (Å²) in [5.74, 6) is 0.615. The van der Waals surface area contributed by atoms with Crippen LogP contribution in [0.3, 0.4) is 0 Å². The van der Waals surface area contributed by atoms with Gasteiger partial charge < -0.3 is 20.9 Å². The van der Waals surface area contributed by atoms with Gasteiger partial charge >= 0.3 is 0 Å². The maximum Gasteiger partial charge on any atom is 0.284 e. The predicted molar refractivity (Wildman–Crippen MR) is 165 cm³/mol. The number of methoxy groups -OCH3 is 1. The molecule has 2 aromatic heterocycles. The van der Waals surface area contributed by atoms with E-state index in [9.17, 15) is 14.7 Å². The van der Waals surface area contributed by atoms with Crippen molar-refractivity contribution in [3.8, 4) is 33.7 Å². The Morgan fingerprint density at radius 2 is 1.62 bits per heavy atom. The molecule has 214 valence electrons. The van der Waals surface area contributed by atoms with E-state index in [0.29, 0.717) is 22.9 Å². The SMILES string of the molecule is COc1ccc(-c2cnc(N)c(-c3ccc(NC(=O)c4c(C)n(CC(C)(C)O)n(-c5ccccc5)c4=O)cc3)c2)cc1. The Morgan fingerprint density at radius 3 is 2.24 bits per heavy atom. The van der Waals surface area contributed by atoms with Crippen LogP contribution in [-0.2, 0) is 6.54 Å². The molecule has 4 N–H and O–H groups in total. The second-order valence-corrected chi connectivity index (χ2v) is 10.7. The minimum absolute atomic E-state index is 0.00724. The van der Waals surface area contributed by atoms with Gasteiger partial charge in [0.1, 0.15) is 17.1 Å². The lowest BCUT2D eigenvalue weighted by Crippen LogP contribution is -2.32. The molecule has 0 fully saturated rings. The Bertz CT molecular complexity index is 1780. The first kappa shape index (κ1) is 28.4. The summed E-state index contributed by atoms with van der Waals surface area (Å²) in [4.78, 5) is 31.4. The third-order valence-corrected chi connectivity index (χ3v) is 6.96. The van der Waals surface area contributed by atoms with Crippen molar-refractivity contribution in [3.63, 3.8) is 0 Å². The first-order valence-electron chi connectivity index (χ1n) is 13.5. The number of hydrogen-bond acceptors (Lipinski definition) is 6. The number of nitrogens with two attached hydrogens (primary N) is 1. The summed E-state index contributed by atoms with van der Waals surface area (Å²) in [5.41, 5.74) is 9.68. The van der Waals surface area contributed by atoms with Gasteiger partial charge in [-0.05, 0) is 74.4 Å². The first-order valence-corrected chi connectivity index (χ1v) is 13.5. The van der Waals surface area contributed by atoms with Gasteiger partial charge in [0.15, 0.2) is 0 Å². The van der Waals surface area contributed by atoms with Gasteiger partial charge in [-0.25, -0.2) is 9.67 Å². The van der Waals surface area contributed by atoms with Crippen molar-refractivity contribution in [2.75, 3.05) is 18.2 Å². The molecular formula is C33H33N5O4. The Kier molecular flexibility index (Phi) is 7.69. The van der Waals surface area contributed by atoms with Crippen LogP contribution in [0.4, 0.5) is 11.5 Å². The van der Waals surface area contributed by atoms with E-state index in [4.69, 9.17) is 10.5 Å². The van der Waals surface area contributed by atoms with Crippen molar-refractivity contribution >= 4 is 17.4 Å². The second kappa shape index (κ2) is 11.4. The fraction of sp³-hybridized carbons (Fsp3) is 0.182. The maximum atomic E-state index is 13.6. The van der Waals surface area contributed by atoms with Gasteiger partial charge in [0.2, 0.25) is 0 Å². The quantitative estimate of drug-likeness (QED) is 0.236. The number of nitrogen functional groups attached to an aromatic ring is 1. The number of ether oxygens (including phenoxy) is 1. The number of para-hydroxylation sites is 1. The van der Waals surface area contributed by atoms with Crippen molar-refractivity contribution < 1.29 is 14.6 Å². The second-order valence-electron chi connectivity index (χ2n) is 10.7. The van der Waals surface area contributed by atoms with Gasteiger partial charge in [-0.3, -0.25) is 14.3 Å². The number of pyridine rings is 1. The van der Waals surface area contributed by atoms with Gasteiger partial charge in [-0.2, -0.15) is 0 Å². The maximum absolute atomic E-state index is 13.6. The summed E-state index contributed by atoms with van der Waals surface area (Å²) < 4.78 is 8.32. The number of hydrogen-bond donors (Lipinski definition) is 3. The van der Waals surface area contributed by atoms with E-state index in [1.54, 1.807) is 63.0 Å². The standard InChI is InChI=1S/C33H33N5O4/c1-21-29(32(40)38(26-8-6-5-7-9-26)37(21)20-33(2,3)41)31(39)36-25-14-10-23(11-15-25)28-18-24(19-35-30(28)34)22-12-16-27(42-4)17-13-22/h5-19,41H,20H2,1-4H3,(H2,34,35)(H,36,39). The third kappa shape index (κ3) is 5.82. The van der Waals surface area contributed by atoms with Crippen molar-refractivity contribution in [3.05, 3.63) is 113 Å². The topological polar surface area (TPSA) is 124 Å². The van der Waals surface area contributed by atoms with E-state index in [1.165, 1.54) is 4.68 Å². The molecule has 0 aliphatic rings. The van der Waals surface area contributed by atoms with Crippen LogP contribution in [0.25, 0.3) is 27.9 Å². The zero-order chi connectivity index (χ0) is 30.0. The molecule has 0 unspecified atom stereocenters. The number of nitrogens with one attached hydrogen (secondary N) is 1. The Morgan fingerprint density at radius 1 is 0.976 bits per heavy atom. The normalized spacial score (nSPS) is 11.4. The number of anilines is 2. The van der Waals surface area contributed by atoms with E-state index in [2.05, 4.69) is 10.3 Å². The number of amides is 1. The van der Waals surface area contributed by atoms with E-state index in [0.717, 1.165) is 28.0 Å². The van der Waals surface area contributed by atoms with E-state index < -0.39 is 17.1 Å². The number of aromatic nitrogens is 3. The average Bonchev–Trinajstić information content (AvgIpc) is 3.21. The summed E-state index contributed by atoms with van der Waals surface area (Å²) >= 11 is 0. The number of rotatable bonds is 8. The van der Waals surface area contributed by atoms with Gasteiger partial charge in [-0.15, -0.1) is 0 Å². The number of nitrogens with zero attached hydrogens (tertiary/aromatic N) is 3. The monoisotopic (exact) mass is 563 g/mol. The number of carbonyl (C=O) groups excluding carboxylic acids is 1. The van der Waals surface area contributed by atoms with Crippen LogP contribution >= 0.6 is 0 Å².